The first kappa shape index (κ1) is 7.62. The van der Waals surface area contributed by atoms with E-state index in [1.807, 2.05) is 6.07 Å². The van der Waals surface area contributed by atoms with Gasteiger partial charge in [0, 0.05) is 5.69 Å². The van der Waals surface area contributed by atoms with Crippen molar-refractivity contribution < 1.29 is 0 Å². The largest absolute Gasteiger partial charge is 0.324 e. The molecule has 2 rings (SSSR count). The molecule has 0 saturated carbocycles. The van der Waals surface area contributed by atoms with Crippen molar-refractivity contribution in [2.75, 3.05) is 5.43 Å². The normalized spacial score (nSPS) is 15.4. The Bertz CT molecular complexity index is 281. The summed E-state index contributed by atoms with van der Waals surface area (Å²) in [5.41, 5.74) is 6.67. The van der Waals surface area contributed by atoms with Crippen molar-refractivity contribution in [3.63, 3.8) is 0 Å². The van der Waals surface area contributed by atoms with E-state index in [-0.39, 0.29) is 0 Å². The molecule has 2 heteroatoms. The van der Waals surface area contributed by atoms with Gasteiger partial charge in [0.25, 0.3) is 0 Å². The fourth-order valence-electron chi connectivity index (χ4n) is 1.82. The number of aryl methyl sites for hydroxylation is 2. The minimum absolute atomic E-state index is 1.02. The van der Waals surface area contributed by atoms with Gasteiger partial charge >= 0.3 is 0 Å². The SMILES string of the molecule is NNc1ccc2c(c1)CCCC2. The van der Waals surface area contributed by atoms with Crippen molar-refractivity contribution in [2.24, 2.45) is 5.84 Å². The van der Waals surface area contributed by atoms with E-state index in [1.54, 1.807) is 0 Å². The smallest absolute Gasteiger partial charge is 0.0488 e. The van der Waals surface area contributed by atoms with Gasteiger partial charge in [-0.25, -0.2) is 0 Å². The van der Waals surface area contributed by atoms with Crippen LogP contribution in [-0.2, 0) is 12.8 Å². The number of nitrogens with two attached hydrogens (primary N) is 1. The molecule has 0 amide bonds. The lowest BCUT2D eigenvalue weighted by Gasteiger charge is -2.16. The summed E-state index contributed by atoms with van der Waals surface area (Å²) in [4.78, 5) is 0. The van der Waals surface area contributed by atoms with Crippen molar-refractivity contribution in [3.8, 4) is 0 Å². The van der Waals surface area contributed by atoms with Crippen LogP contribution in [0.4, 0.5) is 5.69 Å². The summed E-state index contributed by atoms with van der Waals surface area (Å²) in [6, 6.07) is 6.39. The van der Waals surface area contributed by atoms with Gasteiger partial charge < -0.3 is 5.43 Å². The summed E-state index contributed by atoms with van der Waals surface area (Å²) < 4.78 is 0. The van der Waals surface area contributed by atoms with E-state index in [0.29, 0.717) is 0 Å². The average Bonchev–Trinajstić information content (AvgIpc) is 2.17. The first-order chi connectivity index (χ1) is 5.90. The third-order valence-electron chi connectivity index (χ3n) is 2.52. The van der Waals surface area contributed by atoms with Gasteiger partial charge in [-0.05, 0) is 48.9 Å². The molecule has 0 saturated heterocycles. The van der Waals surface area contributed by atoms with Crippen LogP contribution in [-0.4, -0.2) is 0 Å². The molecule has 0 radical (unpaired) electrons. The molecular weight excluding hydrogens is 148 g/mol. The molecule has 3 N–H and O–H groups in total. The highest BCUT2D eigenvalue weighted by Gasteiger charge is 2.08. The Hall–Kier alpha value is -1.02. The zero-order valence-electron chi connectivity index (χ0n) is 7.14. The molecule has 0 heterocycles. The van der Waals surface area contributed by atoms with Crippen molar-refractivity contribution >= 4 is 5.69 Å². The van der Waals surface area contributed by atoms with Crippen LogP contribution in [0, 0.1) is 0 Å². The topological polar surface area (TPSA) is 38.0 Å². The summed E-state index contributed by atoms with van der Waals surface area (Å²) in [5, 5.41) is 0. The molecule has 0 aromatic heterocycles. The first-order valence-electron chi connectivity index (χ1n) is 4.48. The molecule has 0 spiro atoms. The number of nitrogens with one attached hydrogen (secondary N) is 1. The molecule has 64 valence electrons. The monoisotopic (exact) mass is 162 g/mol. The lowest BCUT2D eigenvalue weighted by atomic mass is 9.91. The van der Waals surface area contributed by atoms with Crippen LogP contribution in [0.5, 0.6) is 0 Å². The van der Waals surface area contributed by atoms with Crippen molar-refractivity contribution in [2.45, 2.75) is 25.7 Å². The van der Waals surface area contributed by atoms with Gasteiger partial charge in [0.2, 0.25) is 0 Å². The van der Waals surface area contributed by atoms with Gasteiger partial charge in [-0.1, -0.05) is 6.07 Å². The Balaban J connectivity index is 2.36. The number of anilines is 1. The van der Waals surface area contributed by atoms with E-state index in [2.05, 4.69) is 17.6 Å². The summed E-state index contributed by atoms with van der Waals surface area (Å²) in [6.07, 6.45) is 5.11. The number of hydrogen-bond donors (Lipinski definition) is 2. The van der Waals surface area contributed by atoms with Crippen LogP contribution in [0.2, 0.25) is 0 Å². The molecule has 0 bridgehead atoms. The van der Waals surface area contributed by atoms with Crippen LogP contribution in [0.3, 0.4) is 0 Å². The van der Waals surface area contributed by atoms with E-state index in [1.165, 1.54) is 36.8 Å². The van der Waals surface area contributed by atoms with E-state index in [9.17, 15) is 0 Å². The van der Waals surface area contributed by atoms with Gasteiger partial charge in [-0.2, -0.15) is 0 Å². The zero-order valence-corrected chi connectivity index (χ0v) is 7.14. The maximum atomic E-state index is 5.33. The number of benzene rings is 1. The minimum atomic E-state index is 1.02. The number of nitrogen functional groups attached to an aromatic ring is 1. The molecule has 0 fully saturated rings. The summed E-state index contributed by atoms with van der Waals surface area (Å²) >= 11 is 0. The summed E-state index contributed by atoms with van der Waals surface area (Å²) in [6.45, 7) is 0. The number of hydrogen-bond acceptors (Lipinski definition) is 2. The van der Waals surface area contributed by atoms with E-state index in [4.69, 9.17) is 5.84 Å². The second kappa shape index (κ2) is 3.15. The molecule has 0 aliphatic heterocycles. The second-order valence-corrected chi connectivity index (χ2v) is 3.33. The van der Waals surface area contributed by atoms with Crippen molar-refractivity contribution in [3.05, 3.63) is 29.3 Å². The minimum Gasteiger partial charge on any atom is -0.324 e. The summed E-state index contributed by atoms with van der Waals surface area (Å²) in [7, 11) is 0. The predicted octanol–water partition coefficient (Wildman–Crippen LogP) is 1.85. The molecule has 1 aromatic carbocycles. The zero-order chi connectivity index (χ0) is 8.39. The van der Waals surface area contributed by atoms with Gasteiger partial charge in [0.05, 0.1) is 0 Å². The molecule has 12 heavy (non-hydrogen) atoms. The number of fused-ring (bicyclic) bond motifs is 1. The van der Waals surface area contributed by atoms with Crippen molar-refractivity contribution in [1.29, 1.82) is 0 Å². The van der Waals surface area contributed by atoms with Crippen LogP contribution < -0.4 is 11.3 Å². The Labute approximate surface area is 72.7 Å². The average molecular weight is 162 g/mol. The van der Waals surface area contributed by atoms with Gasteiger partial charge in [0.15, 0.2) is 0 Å². The predicted molar refractivity (Wildman–Crippen MR) is 50.9 cm³/mol. The van der Waals surface area contributed by atoms with E-state index in [0.717, 1.165) is 5.69 Å². The third-order valence-corrected chi connectivity index (χ3v) is 2.52. The molecule has 0 atom stereocenters. The van der Waals surface area contributed by atoms with Crippen LogP contribution in [0.25, 0.3) is 0 Å². The first-order valence-corrected chi connectivity index (χ1v) is 4.48. The Morgan fingerprint density at radius 3 is 2.58 bits per heavy atom. The lowest BCUT2D eigenvalue weighted by molar-refractivity contribution is 0.686. The maximum Gasteiger partial charge on any atom is 0.0488 e. The highest BCUT2D eigenvalue weighted by molar-refractivity contribution is 5.48. The summed E-state index contributed by atoms with van der Waals surface area (Å²) in [5.74, 6) is 5.33. The van der Waals surface area contributed by atoms with Crippen molar-refractivity contribution in [1.82, 2.24) is 0 Å². The maximum absolute atomic E-state index is 5.33. The van der Waals surface area contributed by atoms with Crippen LogP contribution in [0.1, 0.15) is 24.0 Å². The highest BCUT2D eigenvalue weighted by Crippen LogP contribution is 2.23. The Kier molecular flexibility index (Phi) is 2.00. The fraction of sp³-hybridized carbons (Fsp3) is 0.400. The molecular formula is C10H14N2. The van der Waals surface area contributed by atoms with Crippen LogP contribution >= 0.6 is 0 Å². The lowest BCUT2D eigenvalue weighted by Crippen LogP contribution is -2.09. The standard InChI is InChI=1S/C10H14N2/c11-12-10-6-5-8-3-1-2-4-9(8)7-10/h5-7,12H,1-4,11H2. The number of hydrazine groups is 1. The molecule has 2 nitrogen and oxygen atoms in total. The number of rotatable bonds is 1. The molecule has 1 aliphatic carbocycles. The quantitative estimate of drug-likeness (QED) is 0.488. The molecule has 0 unspecified atom stereocenters. The fourth-order valence-corrected chi connectivity index (χ4v) is 1.82. The third kappa shape index (κ3) is 1.30. The van der Waals surface area contributed by atoms with Gasteiger partial charge in [-0.3, -0.25) is 5.84 Å². The van der Waals surface area contributed by atoms with E-state index < -0.39 is 0 Å². The molecule has 1 aliphatic rings. The van der Waals surface area contributed by atoms with E-state index >= 15 is 0 Å². The van der Waals surface area contributed by atoms with Crippen LogP contribution in [0.15, 0.2) is 18.2 Å². The Morgan fingerprint density at radius 2 is 1.83 bits per heavy atom. The Morgan fingerprint density at radius 1 is 1.08 bits per heavy atom. The van der Waals surface area contributed by atoms with Gasteiger partial charge in [-0.15, -0.1) is 0 Å². The van der Waals surface area contributed by atoms with Gasteiger partial charge in [0.1, 0.15) is 0 Å². The molecule has 1 aromatic rings. The highest BCUT2D eigenvalue weighted by atomic mass is 15.2. The second-order valence-electron chi connectivity index (χ2n) is 3.33.